The molecule has 2 aromatic rings. The van der Waals surface area contributed by atoms with Gasteiger partial charge in [0.1, 0.15) is 5.75 Å². The fraction of sp³-hybridized carbons (Fsp3) is 0.235. The molecule has 1 atom stereocenters. The summed E-state index contributed by atoms with van der Waals surface area (Å²) in [5, 5.41) is 12.8. The first kappa shape index (κ1) is 16.3. The fourth-order valence-electron chi connectivity index (χ4n) is 1.88. The van der Waals surface area contributed by atoms with Gasteiger partial charge in [-0.3, -0.25) is 4.79 Å². The van der Waals surface area contributed by atoms with E-state index in [0.717, 1.165) is 11.1 Å². The van der Waals surface area contributed by atoms with Gasteiger partial charge in [0.15, 0.2) is 6.61 Å². The molecule has 4 nitrogen and oxygen atoms in total. The molecule has 0 heterocycles. The molecule has 0 bridgehead atoms. The lowest BCUT2D eigenvalue weighted by atomic mass is 10.1. The van der Waals surface area contributed by atoms with Gasteiger partial charge in [0.2, 0.25) is 0 Å². The highest BCUT2D eigenvalue weighted by Gasteiger charge is 2.07. The Hall–Kier alpha value is -2.04. The molecule has 0 fully saturated rings. The Labute approximate surface area is 134 Å². The van der Waals surface area contributed by atoms with Crippen LogP contribution in [0.1, 0.15) is 24.2 Å². The Morgan fingerprint density at radius 1 is 1.32 bits per heavy atom. The second-order valence-electron chi connectivity index (χ2n) is 5.05. The summed E-state index contributed by atoms with van der Waals surface area (Å²) in [5.74, 6) is 0.262. The van der Waals surface area contributed by atoms with Gasteiger partial charge in [-0.05, 0) is 49.2 Å². The number of rotatable bonds is 5. The highest BCUT2D eigenvalue weighted by Crippen LogP contribution is 2.21. The van der Waals surface area contributed by atoms with E-state index in [9.17, 15) is 9.90 Å². The first-order valence-electron chi connectivity index (χ1n) is 6.92. The average Bonchev–Trinajstić information content (AvgIpc) is 2.49. The van der Waals surface area contributed by atoms with Crippen LogP contribution in [0.4, 0.5) is 5.69 Å². The van der Waals surface area contributed by atoms with E-state index in [1.54, 1.807) is 43.3 Å². The number of nitrogens with one attached hydrogen (secondary N) is 1. The van der Waals surface area contributed by atoms with Crippen molar-refractivity contribution in [1.29, 1.82) is 0 Å². The maximum atomic E-state index is 11.9. The molecule has 22 heavy (non-hydrogen) atoms. The molecule has 0 aliphatic carbocycles. The maximum Gasteiger partial charge on any atom is 0.262 e. The molecule has 5 heteroatoms. The first-order chi connectivity index (χ1) is 10.5. The number of aliphatic hydroxyl groups is 1. The summed E-state index contributed by atoms with van der Waals surface area (Å²) in [7, 11) is 0. The van der Waals surface area contributed by atoms with Gasteiger partial charge in [-0.2, -0.15) is 0 Å². The highest BCUT2D eigenvalue weighted by molar-refractivity contribution is 6.31. The number of ether oxygens (including phenoxy) is 1. The van der Waals surface area contributed by atoms with Crippen molar-refractivity contribution in [3.63, 3.8) is 0 Å². The van der Waals surface area contributed by atoms with Gasteiger partial charge in [-0.15, -0.1) is 0 Å². The van der Waals surface area contributed by atoms with Crippen LogP contribution in [-0.4, -0.2) is 17.6 Å². The van der Waals surface area contributed by atoms with E-state index in [1.807, 2.05) is 13.0 Å². The summed E-state index contributed by atoms with van der Waals surface area (Å²) in [6.45, 7) is 3.45. The van der Waals surface area contributed by atoms with Crippen molar-refractivity contribution >= 4 is 23.2 Å². The maximum absolute atomic E-state index is 11.9. The zero-order valence-electron chi connectivity index (χ0n) is 12.5. The SMILES string of the molecule is Cc1ccc(NC(=O)COc2cccc(C(C)O)c2)cc1Cl. The topological polar surface area (TPSA) is 58.6 Å². The molecule has 0 aromatic heterocycles. The number of benzene rings is 2. The van der Waals surface area contributed by atoms with E-state index in [0.29, 0.717) is 16.5 Å². The number of aliphatic hydroxyl groups excluding tert-OH is 1. The highest BCUT2D eigenvalue weighted by atomic mass is 35.5. The Kier molecular flexibility index (Phi) is 5.41. The molecule has 1 unspecified atom stereocenters. The predicted molar refractivity (Wildman–Crippen MR) is 87.4 cm³/mol. The van der Waals surface area contributed by atoms with E-state index in [-0.39, 0.29) is 12.5 Å². The number of carbonyl (C=O) groups excluding carboxylic acids is 1. The van der Waals surface area contributed by atoms with Crippen molar-refractivity contribution in [1.82, 2.24) is 0 Å². The predicted octanol–water partition coefficient (Wildman–Crippen LogP) is 3.72. The van der Waals surface area contributed by atoms with Crippen LogP contribution in [0, 0.1) is 6.92 Å². The normalized spacial score (nSPS) is 11.8. The molecule has 0 radical (unpaired) electrons. The van der Waals surface area contributed by atoms with Crippen molar-refractivity contribution in [2.24, 2.45) is 0 Å². The van der Waals surface area contributed by atoms with Gasteiger partial charge in [0.25, 0.3) is 5.91 Å². The lowest BCUT2D eigenvalue weighted by Gasteiger charge is -2.10. The molecule has 1 amide bonds. The smallest absolute Gasteiger partial charge is 0.262 e. The summed E-state index contributed by atoms with van der Waals surface area (Å²) < 4.78 is 5.43. The molecule has 0 saturated carbocycles. The zero-order valence-corrected chi connectivity index (χ0v) is 13.2. The molecule has 2 rings (SSSR count). The molecule has 116 valence electrons. The van der Waals surface area contributed by atoms with Gasteiger partial charge in [0, 0.05) is 10.7 Å². The van der Waals surface area contributed by atoms with Gasteiger partial charge >= 0.3 is 0 Å². The number of aryl methyl sites for hydroxylation is 1. The Morgan fingerprint density at radius 2 is 2.09 bits per heavy atom. The first-order valence-corrected chi connectivity index (χ1v) is 7.30. The number of carbonyl (C=O) groups is 1. The van der Waals surface area contributed by atoms with Crippen molar-refractivity contribution in [3.05, 3.63) is 58.6 Å². The minimum atomic E-state index is -0.577. The van der Waals surface area contributed by atoms with Crippen molar-refractivity contribution in [2.45, 2.75) is 20.0 Å². The summed E-state index contributed by atoms with van der Waals surface area (Å²) >= 11 is 6.01. The van der Waals surface area contributed by atoms with Crippen LogP contribution in [0.15, 0.2) is 42.5 Å². The van der Waals surface area contributed by atoms with Crippen molar-refractivity contribution in [3.8, 4) is 5.75 Å². The summed E-state index contributed by atoms with van der Waals surface area (Å²) in [6, 6.07) is 12.3. The molecule has 0 saturated heterocycles. The molecular formula is C17H18ClNO3. The van der Waals surface area contributed by atoms with Crippen LogP contribution in [0.3, 0.4) is 0 Å². The second kappa shape index (κ2) is 7.29. The molecule has 2 N–H and O–H groups in total. The van der Waals surface area contributed by atoms with Gasteiger partial charge in [0.05, 0.1) is 6.10 Å². The van der Waals surface area contributed by atoms with Gasteiger partial charge in [-0.25, -0.2) is 0 Å². The van der Waals surface area contributed by atoms with Gasteiger partial charge < -0.3 is 15.2 Å². The van der Waals surface area contributed by atoms with Crippen LogP contribution < -0.4 is 10.1 Å². The molecule has 0 spiro atoms. The van der Waals surface area contributed by atoms with E-state index in [4.69, 9.17) is 16.3 Å². The van der Waals surface area contributed by atoms with E-state index < -0.39 is 6.10 Å². The third kappa shape index (κ3) is 4.48. The van der Waals surface area contributed by atoms with Crippen molar-refractivity contribution < 1.29 is 14.6 Å². The minimum absolute atomic E-state index is 0.116. The Balaban J connectivity index is 1.92. The quantitative estimate of drug-likeness (QED) is 0.883. The van der Waals surface area contributed by atoms with E-state index in [1.165, 1.54) is 0 Å². The van der Waals surface area contributed by atoms with E-state index in [2.05, 4.69) is 5.32 Å². The number of amides is 1. The molecule has 0 aliphatic rings. The monoisotopic (exact) mass is 319 g/mol. The fourth-order valence-corrected chi connectivity index (χ4v) is 2.06. The van der Waals surface area contributed by atoms with Crippen LogP contribution in [0.2, 0.25) is 5.02 Å². The number of hydrogen-bond donors (Lipinski definition) is 2. The number of halogens is 1. The van der Waals surface area contributed by atoms with Gasteiger partial charge in [-0.1, -0.05) is 29.8 Å². The second-order valence-corrected chi connectivity index (χ2v) is 5.46. The van der Waals surface area contributed by atoms with Crippen LogP contribution in [-0.2, 0) is 4.79 Å². The molecular weight excluding hydrogens is 302 g/mol. The summed E-state index contributed by atoms with van der Waals surface area (Å²) in [5.41, 5.74) is 2.32. The third-order valence-corrected chi connectivity index (χ3v) is 3.57. The largest absolute Gasteiger partial charge is 0.484 e. The van der Waals surface area contributed by atoms with Crippen molar-refractivity contribution in [2.75, 3.05) is 11.9 Å². The third-order valence-electron chi connectivity index (χ3n) is 3.17. The van der Waals surface area contributed by atoms with Crippen LogP contribution in [0.5, 0.6) is 5.75 Å². The Bertz CT molecular complexity index is 671. The molecule has 0 aliphatic heterocycles. The van der Waals surface area contributed by atoms with E-state index >= 15 is 0 Å². The average molecular weight is 320 g/mol. The standard InChI is InChI=1S/C17H18ClNO3/c1-11-6-7-14(9-16(11)18)19-17(21)10-22-15-5-3-4-13(8-15)12(2)20/h3-9,12,20H,10H2,1-2H3,(H,19,21). The van der Waals surface area contributed by atoms with Crippen LogP contribution in [0.25, 0.3) is 0 Å². The Morgan fingerprint density at radius 3 is 2.77 bits per heavy atom. The zero-order chi connectivity index (χ0) is 16.1. The summed E-state index contributed by atoms with van der Waals surface area (Å²) in [4.78, 5) is 11.9. The summed E-state index contributed by atoms with van der Waals surface area (Å²) in [6.07, 6.45) is -0.577. The number of hydrogen-bond acceptors (Lipinski definition) is 3. The minimum Gasteiger partial charge on any atom is -0.484 e. The lowest BCUT2D eigenvalue weighted by Crippen LogP contribution is -2.20. The molecule has 2 aromatic carbocycles. The van der Waals surface area contributed by atoms with Crippen LogP contribution >= 0.6 is 11.6 Å². The number of anilines is 1. The lowest BCUT2D eigenvalue weighted by molar-refractivity contribution is -0.118.